The van der Waals surface area contributed by atoms with Crippen LogP contribution in [-0.4, -0.2) is 34.2 Å². The van der Waals surface area contributed by atoms with Gasteiger partial charge in [0.2, 0.25) is 0 Å². The minimum absolute atomic E-state index is 0.219. The Morgan fingerprint density at radius 2 is 2.00 bits per heavy atom. The average molecular weight is 543 g/mol. The van der Waals surface area contributed by atoms with Crippen molar-refractivity contribution >= 4 is 63.5 Å². The van der Waals surface area contributed by atoms with Crippen LogP contribution in [0.5, 0.6) is 11.5 Å². The molecule has 36 heavy (non-hydrogen) atoms. The summed E-state index contributed by atoms with van der Waals surface area (Å²) in [6.07, 6.45) is 3.25. The number of ether oxygens (including phenoxy) is 2. The zero-order valence-electron chi connectivity index (χ0n) is 19.6. The smallest absolute Gasteiger partial charge is 0.266 e. The molecule has 0 atom stereocenters. The highest BCUT2D eigenvalue weighted by Gasteiger charge is 2.32. The van der Waals surface area contributed by atoms with Gasteiger partial charge in [0.05, 0.1) is 29.3 Å². The molecule has 0 spiro atoms. The average Bonchev–Trinajstić information content (AvgIpc) is 3.44. The molecule has 186 valence electrons. The predicted molar refractivity (Wildman–Crippen MR) is 145 cm³/mol. The summed E-state index contributed by atoms with van der Waals surface area (Å²) in [5, 5.41) is 3.03. The highest BCUT2D eigenvalue weighted by molar-refractivity contribution is 8.26. The number of aryl methyl sites for hydroxylation is 1. The number of nitrogens with zero attached hydrogens (tertiary/aromatic N) is 1. The Balaban J connectivity index is 1.48. The van der Waals surface area contributed by atoms with Gasteiger partial charge in [0, 0.05) is 5.69 Å². The number of benzene rings is 2. The molecule has 2 aromatic carbocycles. The third-order valence-electron chi connectivity index (χ3n) is 5.08. The molecule has 3 aromatic rings. The Hall–Kier alpha value is -3.27. The van der Waals surface area contributed by atoms with Crippen LogP contribution in [-0.2, 0) is 16.1 Å². The SMILES string of the molecule is CCOc1cc(/C=C2\SC(=S)N(Cc3ccco3)C2=O)cc(Cl)c1OCC(=O)Nc1ccc(C)cc1. The van der Waals surface area contributed by atoms with Crippen molar-refractivity contribution in [2.75, 3.05) is 18.5 Å². The van der Waals surface area contributed by atoms with Gasteiger partial charge in [-0.05, 0) is 61.9 Å². The molecule has 2 heterocycles. The van der Waals surface area contributed by atoms with Crippen LogP contribution in [0.4, 0.5) is 5.69 Å². The predicted octanol–water partition coefficient (Wildman–Crippen LogP) is 6.06. The van der Waals surface area contributed by atoms with Crippen LogP contribution in [0.15, 0.2) is 64.1 Å². The van der Waals surface area contributed by atoms with Crippen LogP contribution in [0.1, 0.15) is 23.8 Å². The van der Waals surface area contributed by atoms with E-state index in [4.69, 9.17) is 37.7 Å². The zero-order chi connectivity index (χ0) is 25.7. The molecule has 1 aromatic heterocycles. The number of anilines is 1. The van der Waals surface area contributed by atoms with Crippen molar-refractivity contribution in [1.82, 2.24) is 4.90 Å². The van der Waals surface area contributed by atoms with E-state index < -0.39 is 0 Å². The Bertz CT molecular complexity index is 1310. The first-order valence-corrected chi connectivity index (χ1v) is 12.7. The minimum atomic E-state index is -0.332. The second kappa shape index (κ2) is 11.6. The highest BCUT2D eigenvalue weighted by atomic mass is 35.5. The molecule has 0 unspecified atom stereocenters. The van der Waals surface area contributed by atoms with E-state index in [1.807, 2.05) is 38.1 Å². The van der Waals surface area contributed by atoms with Gasteiger partial charge in [-0.2, -0.15) is 0 Å². The lowest BCUT2D eigenvalue weighted by molar-refractivity contribution is -0.122. The number of nitrogens with one attached hydrogen (secondary N) is 1. The molecule has 7 nitrogen and oxygen atoms in total. The Morgan fingerprint density at radius 3 is 2.69 bits per heavy atom. The molecule has 0 saturated carbocycles. The number of thiocarbonyl (C=S) groups is 1. The monoisotopic (exact) mass is 542 g/mol. The molecule has 1 fully saturated rings. The second-order valence-corrected chi connectivity index (χ2v) is 9.90. The summed E-state index contributed by atoms with van der Waals surface area (Å²) in [4.78, 5) is 27.2. The number of hydrogen-bond acceptors (Lipinski definition) is 7. The normalized spacial score (nSPS) is 14.4. The van der Waals surface area contributed by atoms with Gasteiger partial charge in [0.1, 0.15) is 10.1 Å². The molecule has 1 aliphatic rings. The fraction of sp³-hybridized carbons (Fsp3) is 0.192. The topological polar surface area (TPSA) is 81.0 Å². The molecular weight excluding hydrogens is 520 g/mol. The lowest BCUT2D eigenvalue weighted by atomic mass is 10.1. The number of thioether (sulfide) groups is 1. The molecule has 4 rings (SSSR count). The van der Waals surface area contributed by atoms with E-state index in [1.54, 1.807) is 36.6 Å². The molecule has 1 N–H and O–H groups in total. The van der Waals surface area contributed by atoms with Crippen molar-refractivity contribution in [2.24, 2.45) is 0 Å². The molecule has 1 aliphatic heterocycles. The maximum absolute atomic E-state index is 12.9. The van der Waals surface area contributed by atoms with Crippen LogP contribution >= 0.6 is 35.6 Å². The Labute approximate surface area is 223 Å². The summed E-state index contributed by atoms with van der Waals surface area (Å²) >= 11 is 13.1. The summed E-state index contributed by atoms with van der Waals surface area (Å²) in [6.45, 7) is 4.17. The lowest BCUT2D eigenvalue weighted by Crippen LogP contribution is -2.27. The Morgan fingerprint density at radius 1 is 1.22 bits per heavy atom. The summed E-state index contributed by atoms with van der Waals surface area (Å²) in [6, 6.07) is 14.4. The van der Waals surface area contributed by atoms with Crippen molar-refractivity contribution in [2.45, 2.75) is 20.4 Å². The van der Waals surface area contributed by atoms with Gasteiger partial charge in [-0.1, -0.05) is 53.3 Å². The van der Waals surface area contributed by atoms with Gasteiger partial charge >= 0.3 is 0 Å². The van der Waals surface area contributed by atoms with E-state index >= 15 is 0 Å². The number of furan rings is 1. The van der Waals surface area contributed by atoms with Crippen LogP contribution < -0.4 is 14.8 Å². The molecule has 10 heteroatoms. The number of amides is 2. The quantitative estimate of drug-likeness (QED) is 0.260. The fourth-order valence-electron chi connectivity index (χ4n) is 3.39. The highest BCUT2D eigenvalue weighted by Crippen LogP contribution is 2.39. The first kappa shape index (κ1) is 25.8. The molecule has 0 bridgehead atoms. The second-order valence-electron chi connectivity index (χ2n) is 7.81. The number of rotatable bonds is 9. The van der Waals surface area contributed by atoms with Crippen LogP contribution in [0, 0.1) is 6.92 Å². The van der Waals surface area contributed by atoms with Crippen molar-refractivity contribution in [3.8, 4) is 11.5 Å². The summed E-state index contributed by atoms with van der Waals surface area (Å²) < 4.78 is 17.2. The van der Waals surface area contributed by atoms with Crippen molar-refractivity contribution < 1.29 is 23.5 Å². The van der Waals surface area contributed by atoms with E-state index in [0.29, 0.717) is 38.6 Å². The van der Waals surface area contributed by atoms with Gasteiger partial charge in [-0.25, -0.2) is 0 Å². The van der Waals surface area contributed by atoms with Gasteiger partial charge in [-0.15, -0.1) is 0 Å². The first-order chi connectivity index (χ1) is 17.3. The lowest BCUT2D eigenvalue weighted by Gasteiger charge is -2.15. The number of halogens is 1. The zero-order valence-corrected chi connectivity index (χ0v) is 22.0. The summed E-state index contributed by atoms with van der Waals surface area (Å²) in [5.74, 6) is 0.706. The van der Waals surface area contributed by atoms with Gasteiger partial charge in [0.25, 0.3) is 11.8 Å². The molecule has 0 radical (unpaired) electrons. The summed E-state index contributed by atoms with van der Waals surface area (Å²) in [5.41, 5.74) is 2.40. The van der Waals surface area contributed by atoms with Crippen LogP contribution in [0.25, 0.3) is 6.08 Å². The maximum atomic E-state index is 12.9. The molecule has 1 saturated heterocycles. The van der Waals surface area contributed by atoms with E-state index in [9.17, 15) is 9.59 Å². The fourth-order valence-corrected chi connectivity index (χ4v) is 4.92. The number of carbonyl (C=O) groups is 2. The van der Waals surface area contributed by atoms with Crippen molar-refractivity contribution in [3.63, 3.8) is 0 Å². The Kier molecular flexibility index (Phi) is 8.35. The third kappa shape index (κ3) is 6.29. The first-order valence-electron chi connectivity index (χ1n) is 11.1. The van der Waals surface area contributed by atoms with E-state index in [1.165, 1.54) is 16.7 Å². The van der Waals surface area contributed by atoms with Gasteiger partial charge in [0.15, 0.2) is 18.1 Å². The standard InChI is InChI=1S/C26H23ClN2O5S2/c1-3-32-21-12-17(13-22-25(31)29(26(35)36-22)14-19-5-4-10-33-19)11-20(27)24(21)34-15-23(30)28-18-8-6-16(2)7-9-18/h4-13H,3,14-15H2,1-2H3,(H,28,30)/b22-13-. The van der Waals surface area contributed by atoms with Crippen LogP contribution in [0.2, 0.25) is 5.02 Å². The maximum Gasteiger partial charge on any atom is 0.266 e. The van der Waals surface area contributed by atoms with E-state index in [0.717, 1.165) is 5.56 Å². The van der Waals surface area contributed by atoms with Crippen molar-refractivity contribution in [1.29, 1.82) is 0 Å². The summed E-state index contributed by atoms with van der Waals surface area (Å²) in [7, 11) is 0. The molecule has 0 aliphatic carbocycles. The van der Waals surface area contributed by atoms with Gasteiger partial charge in [-0.3, -0.25) is 14.5 Å². The van der Waals surface area contributed by atoms with Gasteiger partial charge < -0.3 is 19.2 Å². The largest absolute Gasteiger partial charge is 0.490 e. The molecule has 2 amide bonds. The third-order valence-corrected chi connectivity index (χ3v) is 6.74. The van der Waals surface area contributed by atoms with E-state index in [2.05, 4.69) is 5.32 Å². The molecular formula is C26H23ClN2O5S2. The minimum Gasteiger partial charge on any atom is -0.490 e. The van der Waals surface area contributed by atoms with Crippen molar-refractivity contribution in [3.05, 3.63) is 81.6 Å². The number of carbonyl (C=O) groups excluding carboxylic acids is 2. The van der Waals surface area contributed by atoms with Crippen LogP contribution in [0.3, 0.4) is 0 Å². The van der Waals surface area contributed by atoms with E-state index in [-0.39, 0.29) is 35.7 Å². The number of hydrogen-bond donors (Lipinski definition) is 1.